The second kappa shape index (κ2) is 6.54. The van der Waals surface area contributed by atoms with Crippen LogP contribution in [0.5, 0.6) is 0 Å². The molecule has 0 aromatic carbocycles. The number of hydrogen-bond acceptors (Lipinski definition) is 5. The second-order valence-electron chi connectivity index (χ2n) is 4.79. The van der Waals surface area contributed by atoms with Gasteiger partial charge in [-0.3, -0.25) is 0 Å². The first-order valence-electron chi connectivity index (χ1n) is 6.78. The normalized spacial score (nSPS) is 23.7. The average Bonchev–Trinajstić information content (AvgIpc) is 2.39. The zero-order chi connectivity index (χ0) is 12.8. The maximum atomic E-state index is 9.90. The molecule has 0 bridgehead atoms. The highest BCUT2D eigenvalue weighted by Crippen LogP contribution is 2.24. The van der Waals surface area contributed by atoms with E-state index in [0.29, 0.717) is 11.9 Å². The summed E-state index contributed by atoms with van der Waals surface area (Å²) in [4.78, 5) is 8.48. The lowest BCUT2D eigenvalue weighted by molar-refractivity contribution is 0.0763. The SMILES string of the molecule is CCNc1nccc(NCC2CCCCC2O)n1. The number of rotatable bonds is 5. The van der Waals surface area contributed by atoms with Crippen molar-refractivity contribution in [3.05, 3.63) is 12.3 Å². The molecular weight excluding hydrogens is 228 g/mol. The third kappa shape index (κ3) is 3.57. The van der Waals surface area contributed by atoms with Crippen molar-refractivity contribution in [2.24, 2.45) is 5.92 Å². The molecule has 1 aromatic heterocycles. The molecule has 1 aromatic rings. The molecule has 0 radical (unpaired) electrons. The summed E-state index contributed by atoms with van der Waals surface area (Å²) >= 11 is 0. The number of aromatic nitrogens is 2. The molecule has 3 N–H and O–H groups in total. The van der Waals surface area contributed by atoms with Gasteiger partial charge in [0, 0.05) is 25.2 Å². The molecule has 0 amide bonds. The van der Waals surface area contributed by atoms with E-state index < -0.39 is 0 Å². The molecule has 100 valence electrons. The molecular formula is C13H22N4O. The minimum Gasteiger partial charge on any atom is -0.393 e. The van der Waals surface area contributed by atoms with E-state index in [1.165, 1.54) is 6.42 Å². The van der Waals surface area contributed by atoms with Gasteiger partial charge in [0.1, 0.15) is 5.82 Å². The third-order valence-corrected chi connectivity index (χ3v) is 3.40. The van der Waals surface area contributed by atoms with Crippen molar-refractivity contribution in [1.82, 2.24) is 9.97 Å². The summed E-state index contributed by atoms with van der Waals surface area (Å²) in [7, 11) is 0. The van der Waals surface area contributed by atoms with E-state index in [4.69, 9.17) is 0 Å². The maximum Gasteiger partial charge on any atom is 0.224 e. The van der Waals surface area contributed by atoms with Crippen molar-refractivity contribution >= 4 is 11.8 Å². The monoisotopic (exact) mass is 250 g/mol. The summed E-state index contributed by atoms with van der Waals surface area (Å²) < 4.78 is 0. The van der Waals surface area contributed by atoms with Gasteiger partial charge in [0.2, 0.25) is 5.95 Å². The van der Waals surface area contributed by atoms with Crippen molar-refractivity contribution in [3.8, 4) is 0 Å². The van der Waals surface area contributed by atoms with Gasteiger partial charge in [0.15, 0.2) is 0 Å². The van der Waals surface area contributed by atoms with Gasteiger partial charge in [-0.1, -0.05) is 12.8 Å². The molecule has 5 heteroatoms. The topological polar surface area (TPSA) is 70.1 Å². The minimum atomic E-state index is -0.165. The van der Waals surface area contributed by atoms with E-state index in [1.807, 2.05) is 13.0 Å². The lowest BCUT2D eigenvalue weighted by atomic mass is 9.86. The number of aliphatic hydroxyl groups excluding tert-OH is 1. The molecule has 0 spiro atoms. The molecule has 0 aliphatic heterocycles. The minimum absolute atomic E-state index is 0.165. The lowest BCUT2D eigenvalue weighted by Gasteiger charge is -2.27. The van der Waals surface area contributed by atoms with E-state index in [1.54, 1.807) is 6.20 Å². The van der Waals surface area contributed by atoms with Crippen LogP contribution in [-0.2, 0) is 0 Å². The van der Waals surface area contributed by atoms with Crippen LogP contribution in [0, 0.1) is 5.92 Å². The van der Waals surface area contributed by atoms with Crippen molar-refractivity contribution in [3.63, 3.8) is 0 Å². The quantitative estimate of drug-likeness (QED) is 0.744. The predicted molar refractivity (Wildman–Crippen MR) is 72.7 cm³/mol. The molecule has 1 aliphatic carbocycles. The Balaban J connectivity index is 1.87. The van der Waals surface area contributed by atoms with Gasteiger partial charge < -0.3 is 15.7 Å². The molecule has 2 rings (SSSR count). The van der Waals surface area contributed by atoms with Gasteiger partial charge in [-0.2, -0.15) is 4.98 Å². The number of anilines is 2. The smallest absolute Gasteiger partial charge is 0.224 e. The Morgan fingerprint density at radius 3 is 2.94 bits per heavy atom. The summed E-state index contributed by atoms with van der Waals surface area (Å²) in [5.41, 5.74) is 0. The first-order valence-corrected chi connectivity index (χ1v) is 6.78. The Morgan fingerprint density at radius 1 is 1.33 bits per heavy atom. The van der Waals surface area contributed by atoms with E-state index in [-0.39, 0.29) is 6.10 Å². The van der Waals surface area contributed by atoms with Crippen molar-refractivity contribution < 1.29 is 5.11 Å². The van der Waals surface area contributed by atoms with Gasteiger partial charge in [0.05, 0.1) is 6.10 Å². The highest BCUT2D eigenvalue weighted by Gasteiger charge is 2.22. The summed E-state index contributed by atoms with van der Waals surface area (Å²) in [6, 6.07) is 1.86. The zero-order valence-corrected chi connectivity index (χ0v) is 10.9. The van der Waals surface area contributed by atoms with E-state index in [0.717, 1.165) is 38.2 Å². The molecule has 2 atom stereocenters. The summed E-state index contributed by atoms with van der Waals surface area (Å²) in [6.45, 7) is 3.61. The van der Waals surface area contributed by atoms with Crippen LogP contribution in [0.25, 0.3) is 0 Å². The Morgan fingerprint density at radius 2 is 2.17 bits per heavy atom. The van der Waals surface area contributed by atoms with Gasteiger partial charge in [-0.05, 0) is 25.8 Å². The van der Waals surface area contributed by atoms with E-state index >= 15 is 0 Å². The van der Waals surface area contributed by atoms with Crippen LogP contribution in [0.15, 0.2) is 12.3 Å². The maximum absolute atomic E-state index is 9.90. The number of aliphatic hydroxyl groups is 1. The van der Waals surface area contributed by atoms with Gasteiger partial charge in [0.25, 0.3) is 0 Å². The summed E-state index contributed by atoms with van der Waals surface area (Å²) in [5.74, 6) is 1.81. The third-order valence-electron chi connectivity index (χ3n) is 3.40. The Hall–Kier alpha value is -1.36. The summed E-state index contributed by atoms with van der Waals surface area (Å²) in [5, 5.41) is 16.3. The van der Waals surface area contributed by atoms with Crippen molar-refractivity contribution in [1.29, 1.82) is 0 Å². The van der Waals surface area contributed by atoms with Gasteiger partial charge >= 0.3 is 0 Å². The Labute approximate surface area is 108 Å². The highest BCUT2D eigenvalue weighted by atomic mass is 16.3. The van der Waals surface area contributed by atoms with Crippen LogP contribution in [0.1, 0.15) is 32.6 Å². The van der Waals surface area contributed by atoms with Crippen LogP contribution >= 0.6 is 0 Å². The predicted octanol–water partition coefficient (Wildman–Crippen LogP) is 1.87. The molecule has 18 heavy (non-hydrogen) atoms. The lowest BCUT2D eigenvalue weighted by Crippen LogP contribution is -2.30. The molecule has 5 nitrogen and oxygen atoms in total. The zero-order valence-electron chi connectivity index (χ0n) is 10.9. The fourth-order valence-corrected chi connectivity index (χ4v) is 2.36. The number of nitrogens with zero attached hydrogens (tertiary/aromatic N) is 2. The fourth-order valence-electron chi connectivity index (χ4n) is 2.36. The molecule has 0 saturated heterocycles. The van der Waals surface area contributed by atoms with Gasteiger partial charge in [-0.15, -0.1) is 0 Å². The Bertz CT molecular complexity index is 372. The average molecular weight is 250 g/mol. The summed E-state index contributed by atoms with van der Waals surface area (Å²) in [6.07, 6.45) is 5.97. The second-order valence-corrected chi connectivity index (χ2v) is 4.79. The molecule has 1 saturated carbocycles. The highest BCUT2D eigenvalue weighted by molar-refractivity contribution is 5.39. The standard InChI is InChI=1S/C13H22N4O/c1-2-14-13-15-8-7-12(17-13)16-9-10-5-3-4-6-11(10)18/h7-8,10-11,18H,2-6,9H2,1H3,(H2,14,15,16,17). The van der Waals surface area contributed by atoms with Crippen LogP contribution in [-0.4, -0.2) is 34.3 Å². The van der Waals surface area contributed by atoms with Crippen LogP contribution in [0.4, 0.5) is 11.8 Å². The Kier molecular flexibility index (Phi) is 4.75. The van der Waals surface area contributed by atoms with E-state index in [9.17, 15) is 5.11 Å². The fraction of sp³-hybridized carbons (Fsp3) is 0.692. The van der Waals surface area contributed by atoms with Crippen molar-refractivity contribution in [2.75, 3.05) is 23.7 Å². The van der Waals surface area contributed by atoms with Crippen LogP contribution in [0.3, 0.4) is 0 Å². The van der Waals surface area contributed by atoms with Gasteiger partial charge in [-0.25, -0.2) is 4.98 Å². The first kappa shape index (κ1) is 13.1. The largest absolute Gasteiger partial charge is 0.393 e. The molecule has 2 unspecified atom stereocenters. The van der Waals surface area contributed by atoms with Crippen molar-refractivity contribution in [2.45, 2.75) is 38.7 Å². The molecule has 1 fully saturated rings. The molecule has 1 aliphatic rings. The number of nitrogens with one attached hydrogen (secondary N) is 2. The van der Waals surface area contributed by atoms with Crippen LogP contribution in [0.2, 0.25) is 0 Å². The number of hydrogen-bond donors (Lipinski definition) is 3. The molecule has 1 heterocycles. The first-order chi connectivity index (χ1) is 8.79. The van der Waals surface area contributed by atoms with Crippen LogP contribution < -0.4 is 10.6 Å². The van der Waals surface area contributed by atoms with E-state index in [2.05, 4.69) is 20.6 Å².